The second kappa shape index (κ2) is 9.17. The molecule has 1 aliphatic rings. The van der Waals surface area contributed by atoms with Crippen LogP contribution in [0.3, 0.4) is 0 Å². The van der Waals surface area contributed by atoms with E-state index in [0.717, 1.165) is 48.0 Å². The van der Waals surface area contributed by atoms with Crippen molar-refractivity contribution >= 4 is 16.7 Å². The molecule has 0 bridgehead atoms. The topological polar surface area (TPSA) is 65.6 Å². The van der Waals surface area contributed by atoms with Crippen molar-refractivity contribution in [3.8, 4) is 16.9 Å². The number of H-pyrrole nitrogens is 1. The number of aryl methyl sites for hydroxylation is 1. The Balaban J connectivity index is 1.58. The lowest BCUT2D eigenvalue weighted by atomic mass is 9.97. The van der Waals surface area contributed by atoms with E-state index in [4.69, 9.17) is 4.74 Å². The molecule has 2 heterocycles. The smallest absolute Gasteiger partial charge is 0.263 e. The summed E-state index contributed by atoms with van der Waals surface area (Å²) in [6.07, 6.45) is 3.24. The van der Waals surface area contributed by atoms with Crippen LogP contribution in [0.2, 0.25) is 0 Å². The number of amides is 1. The van der Waals surface area contributed by atoms with Gasteiger partial charge in [-0.1, -0.05) is 24.3 Å². The summed E-state index contributed by atoms with van der Waals surface area (Å²) >= 11 is 0. The van der Waals surface area contributed by atoms with Crippen LogP contribution in [0.15, 0.2) is 53.5 Å². The number of benzene rings is 2. The second-order valence-electron chi connectivity index (χ2n) is 8.86. The minimum atomic E-state index is -0.619. The third-order valence-corrected chi connectivity index (χ3v) is 6.41. The van der Waals surface area contributed by atoms with Gasteiger partial charge in [-0.2, -0.15) is 0 Å². The van der Waals surface area contributed by atoms with Crippen LogP contribution in [0, 0.1) is 6.92 Å². The van der Waals surface area contributed by atoms with Crippen molar-refractivity contribution in [2.24, 2.45) is 0 Å². The summed E-state index contributed by atoms with van der Waals surface area (Å²) in [5.41, 5.74) is 3.01. The van der Waals surface area contributed by atoms with Gasteiger partial charge in [-0.05, 0) is 75.5 Å². The normalized spacial score (nSPS) is 17.5. The van der Waals surface area contributed by atoms with Gasteiger partial charge < -0.3 is 19.5 Å². The minimum Gasteiger partial charge on any atom is -0.481 e. The van der Waals surface area contributed by atoms with E-state index in [0.29, 0.717) is 17.2 Å². The zero-order valence-corrected chi connectivity index (χ0v) is 19.2. The largest absolute Gasteiger partial charge is 0.481 e. The van der Waals surface area contributed by atoms with Crippen LogP contribution in [0.5, 0.6) is 5.75 Å². The van der Waals surface area contributed by atoms with Gasteiger partial charge in [-0.15, -0.1) is 0 Å². The van der Waals surface area contributed by atoms with Gasteiger partial charge in [0.05, 0.1) is 5.39 Å². The third kappa shape index (κ3) is 4.41. The molecular weight excluding hydrogens is 402 g/mol. The van der Waals surface area contributed by atoms with E-state index in [1.54, 1.807) is 19.2 Å². The lowest BCUT2D eigenvalue weighted by Gasteiger charge is -2.37. The summed E-state index contributed by atoms with van der Waals surface area (Å²) in [6.45, 7) is 5.31. The second-order valence-corrected chi connectivity index (χ2v) is 8.86. The van der Waals surface area contributed by atoms with Gasteiger partial charge in [0.15, 0.2) is 6.10 Å². The molecule has 6 heteroatoms. The first-order chi connectivity index (χ1) is 15.3. The Labute approximate surface area is 188 Å². The Bertz CT molecular complexity index is 1180. The molecule has 0 aliphatic carbocycles. The van der Waals surface area contributed by atoms with Crippen molar-refractivity contribution in [3.63, 3.8) is 0 Å². The average molecular weight is 434 g/mol. The number of pyridine rings is 1. The van der Waals surface area contributed by atoms with Crippen molar-refractivity contribution in [2.75, 3.05) is 27.2 Å². The fraction of sp³-hybridized carbons (Fsp3) is 0.385. The average Bonchev–Trinajstić information content (AvgIpc) is 2.80. The van der Waals surface area contributed by atoms with E-state index in [1.165, 1.54) is 0 Å². The zero-order chi connectivity index (χ0) is 22.8. The van der Waals surface area contributed by atoms with Crippen LogP contribution in [0.4, 0.5) is 0 Å². The fourth-order valence-corrected chi connectivity index (χ4v) is 4.50. The van der Waals surface area contributed by atoms with E-state index in [9.17, 15) is 9.59 Å². The molecule has 168 valence electrons. The minimum absolute atomic E-state index is 0.0146. The van der Waals surface area contributed by atoms with E-state index >= 15 is 0 Å². The number of ether oxygens (including phenoxy) is 1. The summed E-state index contributed by atoms with van der Waals surface area (Å²) in [4.78, 5) is 32.5. The van der Waals surface area contributed by atoms with E-state index in [1.807, 2.05) is 35.2 Å². The Hall–Kier alpha value is -3.12. The standard InChI is InChI=1S/C26H31N3O3/c1-17-8-5-6-10-21(17)24-15-27-25(30)23-14-20(11-12-22(23)24)32-18(2)26(31)29-13-7-9-19(16-29)28(3)4/h5-6,8,10-12,14-15,18-19H,7,9,13,16H2,1-4H3,(H,27,30)/t18-,19?/m1/s1. The number of nitrogens with zero attached hydrogens (tertiary/aromatic N) is 2. The Morgan fingerprint density at radius 2 is 1.94 bits per heavy atom. The molecule has 0 saturated carbocycles. The van der Waals surface area contributed by atoms with Crippen molar-refractivity contribution in [1.82, 2.24) is 14.8 Å². The molecule has 1 unspecified atom stereocenters. The Morgan fingerprint density at radius 1 is 1.16 bits per heavy atom. The number of carbonyl (C=O) groups excluding carboxylic acids is 1. The van der Waals surface area contributed by atoms with Gasteiger partial charge in [0, 0.05) is 30.9 Å². The fourth-order valence-electron chi connectivity index (χ4n) is 4.50. The lowest BCUT2D eigenvalue weighted by Crippen LogP contribution is -2.50. The van der Waals surface area contributed by atoms with Crippen LogP contribution in [-0.4, -0.2) is 60.0 Å². The molecule has 32 heavy (non-hydrogen) atoms. The highest BCUT2D eigenvalue weighted by Crippen LogP contribution is 2.30. The van der Waals surface area contributed by atoms with Crippen LogP contribution in [0.1, 0.15) is 25.3 Å². The van der Waals surface area contributed by atoms with Crippen LogP contribution in [0.25, 0.3) is 21.9 Å². The Morgan fingerprint density at radius 3 is 2.69 bits per heavy atom. The number of aromatic nitrogens is 1. The molecule has 1 saturated heterocycles. The first kappa shape index (κ1) is 22.1. The zero-order valence-electron chi connectivity index (χ0n) is 19.2. The van der Waals surface area contributed by atoms with E-state index < -0.39 is 6.10 Å². The summed E-state index contributed by atoms with van der Waals surface area (Å²) in [5.74, 6) is 0.506. The van der Waals surface area contributed by atoms with Crippen LogP contribution < -0.4 is 10.3 Å². The first-order valence-electron chi connectivity index (χ1n) is 11.2. The number of piperidine rings is 1. The molecule has 1 aliphatic heterocycles. The lowest BCUT2D eigenvalue weighted by molar-refractivity contribution is -0.139. The summed E-state index contributed by atoms with van der Waals surface area (Å²) < 4.78 is 6.00. The third-order valence-electron chi connectivity index (χ3n) is 6.41. The number of fused-ring (bicyclic) bond motifs is 1. The molecule has 1 amide bonds. The molecule has 4 rings (SSSR count). The summed E-state index contributed by atoms with van der Waals surface area (Å²) in [5, 5.41) is 1.41. The van der Waals surface area contributed by atoms with Crippen LogP contribution in [-0.2, 0) is 4.79 Å². The molecule has 1 N–H and O–H groups in total. The molecule has 0 spiro atoms. The number of rotatable bonds is 5. The van der Waals surface area contributed by atoms with Crippen molar-refractivity contribution in [1.29, 1.82) is 0 Å². The molecule has 2 atom stereocenters. The number of hydrogen-bond donors (Lipinski definition) is 1. The highest BCUT2D eigenvalue weighted by Gasteiger charge is 2.28. The molecule has 2 aromatic carbocycles. The summed E-state index contributed by atoms with van der Waals surface area (Å²) in [7, 11) is 4.10. The number of nitrogens with one attached hydrogen (secondary N) is 1. The number of aromatic amines is 1. The number of carbonyl (C=O) groups is 1. The van der Waals surface area contributed by atoms with Crippen molar-refractivity contribution in [3.05, 3.63) is 64.6 Å². The summed E-state index contributed by atoms with van der Waals surface area (Å²) in [6, 6.07) is 13.9. The number of hydrogen-bond acceptors (Lipinski definition) is 4. The highest BCUT2D eigenvalue weighted by molar-refractivity contribution is 5.97. The van der Waals surface area contributed by atoms with Gasteiger partial charge in [0.1, 0.15) is 5.75 Å². The monoisotopic (exact) mass is 433 g/mol. The predicted molar refractivity (Wildman–Crippen MR) is 128 cm³/mol. The molecule has 1 fully saturated rings. The molecule has 6 nitrogen and oxygen atoms in total. The maximum absolute atomic E-state index is 13.0. The number of likely N-dealkylation sites (tertiary alicyclic amines) is 1. The quantitative estimate of drug-likeness (QED) is 0.664. The van der Waals surface area contributed by atoms with Crippen molar-refractivity contribution < 1.29 is 9.53 Å². The maximum Gasteiger partial charge on any atom is 0.263 e. The molecular formula is C26H31N3O3. The van der Waals surface area contributed by atoms with Gasteiger partial charge in [-0.3, -0.25) is 9.59 Å². The van der Waals surface area contributed by atoms with Gasteiger partial charge in [-0.25, -0.2) is 0 Å². The van der Waals surface area contributed by atoms with E-state index in [2.05, 4.69) is 37.0 Å². The van der Waals surface area contributed by atoms with Gasteiger partial charge >= 0.3 is 0 Å². The molecule has 3 aromatic rings. The first-order valence-corrected chi connectivity index (χ1v) is 11.2. The van der Waals surface area contributed by atoms with Gasteiger partial charge in [0.25, 0.3) is 11.5 Å². The Kier molecular flexibility index (Phi) is 6.33. The molecule has 0 radical (unpaired) electrons. The van der Waals surface area contributed by atoms with E-state index in [-0.39, 0.29) is 11.5 Å². The highest BCUT2D eigenvalue weighted by atomic mass is 16.5. The predicted octanol–water partition coefficient (Wildman–Crippen LogP) is 3.82. The SMILES string of the molecule is Cc1ccccc1-c1c[nH]c(=O)c2cc(O[C@H](C)C(=O)N3CCCC(N(C)C)C3)ccc12. The molecule has 1 aromatic heterocycles. The van der Waals surface area contributed by atoms with Crippen molar-refractivity contribution in [2.45, 2.75) is 38.8 Å². The number of likely N-dealkylation sites (N-methyl/N-ethyl adjacent to an activating group) is 1. The van der Waals surface area contributed by atoms with Crippen LogP contribution >= 0.6 is 0 Å². The van der Waals surface area contributed by atoms with Gasteiger partial charge in [0.2, 0.25) is 0 Å². The maximum atomic E-state index is 13.0.